The monoisotopic (exact) mass is 509 g/mol. The van der Waals surface area contributed by atoms with Gasteiger partial charge in [0, 0.05) is 30.4 Å². The van der Waals surface area contributed by atoms with Gasteiger partial charge in [0.05, 0.1) is 18.3 Å². The fraction of sp³-hybridized carbons (Fsp3) is 0.385. The number of nitrogen functional groups attached to an aromatic ring is 1. The van der Waals surface area contributed by atoms with Gasteiger partial charge in [0.2, 0.25) is 0 Å². The third kappa shape index (κ3) is 5.48. The number of amides is 2. The van der Waals surface area contributed by atoms with Crippen LogP contribution >= 0.6 is 0 Å². The molecule has 3 aromatic rings. The summed E-state index contributed by atoms with van der Waals surface area (Å²) in [5.41, 5.74) is 14.3. The minimum atomic E-state index is -2.56. The number of aryl methyl sites for hydroxylation is 1. The summed E-state index contributed by atoms with van der Waals surface area (Å²) in [7, 11) is 0. The van der Waals surface area contributed by atoms with Crippen LogP contribution in [-0.2, 0) is 11.3 Å². The van der Waals surface area contributed by atoms with Gasteiger partial charge < -0.3 is 16.4 Å². The molecule has 0 unspecified atom stereocenters. The van der Waals surface area contributed by atoms with E-state index >= 15 is 0 Å². The molecule has 194 valence electrons. The topological polar surface area (TPSA) is 125 Å². The molecule has 37 heavy (non-hydrogen) atoms. The van der Waals surface area contributed by atoms with Crippen molar-refractivity contribution in [1.29, 1.82) is 0 Å². The molecule has 1 fully saturated rings. The largest absolute Gasteiger partial charge is 0.383 e. The van der Waals surface area contributed by atoms with Gasteiger partial charge in [0.1, 0.15) is 17.1 Å². The third-order valence-electron chi connectivity index (χ3n) is 6.51. The summed E-state index contributed by atoms with van der Waals surface area (Å²) < 4.78 is 29.4. The Labute approximate surface area is 213 Å². The highest BCUT2D eigenvalue weighted by Crippen LogP contribution is 2.34. The summed E-state index contributed by atoms with van der Waals surface area (Å²) >= 11 is 0. The molecule has 4 N–H and O–H groups in total. The van der Waals surface area contributed by atoms with Gasteiger partial charge in [-0.25, -0.2) is 13.5 Å². The van der Waals surface area contributed by atoms with E-state index in [2.05, 4.69) is 16.9 Å². The number of likely N-dealkylation sites (tertiary alicyclic amines) is 1. The van der Waals surface area contributed by atoms with Crippen molar-refractivity contribution in [3.05, 3.63) is 52.8 Å². The SMILES string of the molecule is CC#CC(=O)N1CCC[C@H](n2nc(-c3cn(Cc4cccc(C(F)F)c4)nc3C)c(C(N)=O)c2N)CC1. The maximum Gasteiger partial charge on any atom is 0.298 e. The molecule has 1 aliphatic rings. The van der Waals surface area contributed by atoms with Crippen molar-refractivity contribution in [1.82, 2.24) is 24.5 Å². The normalized spacial score (nSPS) is 15.8. The van der Waals surface area contributed by atoms with E-state index in [9.17, 15) is 18.4 Å². The minimum absolute atomic E-state index is 0.0606. The Kier molecular flexibility index (Phi) is 7.57. The van der Waals surface area contributed by atoms with E-state index in [1.165, 1.54) is 12.1 Å². The number of halogens is 2. The number of nitrogens with two attached hydrogens (primary N) is 2. The third-order valence-corrected chi connectivity index (χ3v) is 6.51. The maximum absolute atomic E-state index is 13.1. The zero-order valence-corrected chi connectivity index (χ0v) is 20.7. The molecule has 0 saturated carbocycles. The van der Waals surface area contributed by atoms with E-state index < -0.39 is 12.3 Å². The molecule has 1 aliphatic heterocycles. The van der Waals surface area contributed by atoms with Crippen molar-refractivity contribution in [3.8, 4) is 23.1 Å². The Bertz CT molecular complexity index is 1380. The number of alkyl halides is 2. The van der Waals surface area contributed by atoms with Crippen LogP contribution in [0.5, 0.6) is 0 Å². The molecule has 9 nitrogen and oxygen atoms in total. The Morgan fingerprint density at radius 1 is 1.22 bits per heavy atom. The van der Waals surface area contributed by atoms with Crippen molar-refractivity contribution in [2.75, 3.05) is 18.8 Å². The number of primary amides is 1. The molecule has 2 aromatic heterocycles. The highest BCUT2D eigenvalue weighted by Gasteiger charge is 2.29. The number of nitrogens with zero attached hydrogens (tertiary/aromatic N) is 5. The first-order valence-electron chi connectivity index (χ1n) is 12.0. The Morgan fingerprint density at radius 3 is 2.70 bits per heavy atom. The van der Waals surface area contributed by atoms with E-state index in [0.29, 0.717) is 48.4 Å². The number of benzene rings is 1. The van der Waals surface area contributed by atoms with Crippen LogP contribution in [-0.4, -0.2) is 49.4 Å². The second-order valence-electron chi connectivity index (χ2n) is 9.04. The van der Waals surface area contributed by atoms with Gasteiger partial charge in [-0.3, -0.25) is 14.3 Å². The van der Waals surface area contributed by atoms with Crippen LogP contribution in [0.3, 0.4) is 0 Å². The van der Waals surface area contributed by atoms with Crippen molar-refractivity contribution >= 4 is 17.6 Å². The zero-order valence-electron chi connectivity index (χ0n) is 20.7. The fourth-order valence-corrected chi connectivity index (χ4v) is 4.72. The second-order valence-corrected chi connectivity index (χ2v) is 9.04. The van der Waals surface area contributed by atoms with Crippen LogP contribution in [0.1, 0.15) is 65.8 Å². The first-order chi connectivity index (χ1) is 17.7. The van der Waals surface area contributed by atoms with Gasteiger partial charge in [-0.15, -0.1) is 0 Å². The van der Waals surface area contributed by atoms with Crippen LogP contribution in [0.25, 0.3) is 11.3 Å². The van der Waals surface area contributed by atoms with Gasteiger partial charge in [0.25, 0.3) is 18.2 Å². The van der Waals surface area contributed by atoms with Crippen molar-refractivity contribution in [3.63, 3.8) is 0 Å². The number of anilines is 1. The Morgan fingerprint density at radius 2 is 2.00 bits per heavy atom. The molecule has 0 aliphatic carbocycles. The van der Waals surface area contributed by atoms with Crippen LogP contribution in [0.4, 0.5) is 14.6 Å². The van der Waals surface area contributed by atoms with Crippen molar-refractivity contribution in [2.24, 2.45) is 5.73 Å². The Hall–Kier alpha value is -4.20. The van der Waals surface area contributed by atoms with Crippen LogP contribution < -0.4 is 11.5 Å². The predicted molar refractivity (Wildman–Crippen MR) is 135 cm³/mol. The number of carbonyl (C=O) groups is 2. The van der Waals surface area contributed by atoms with Gasteiger partial charge >= 0.3 is 0 Å². The highest BCUT2D eigenvalue weighted by atomic mass is 19.3. The summed E-state index contributed by atoms with van der Waals surface area (Å²) in [5, 5.41) is 9.20. The summed E-state index contributed by atoms with van der Waals surface area (Å²) in [6.07, 6.45) is 1.19. The molecular weight excluding hydrogens is 480 g/mol. The summed E-state index contributed by atoms with van der Waals surface area (Å²) in [6, 6.07) is 6.01. The first-order valence-corrected chi connectivity index (χ1v) is 12.0. The molecule has 1 atom stereocenters. The van der Waals surface area contributed by atoms with Gasteiger partial charge in [-0.2, -0.15) is 10.2 Å². The quantitative estimate of drug-likeness (QED) is 0.494. The lowest BCUT2D eigenvalue weighted by molar-refractivity contribution is -0.125. The molecule has 4 rings (SSSR count). The summed E-state index contributed by atoms with van der Waals surface area (Å²) in [6.45, 7) is 4.73. The lowest BCUT2D eigenvalue weighted by Crippen LogP contribution is -2.31. The molecule has 11 heteroatoms. The standard InChI is InChI=1S/C26H29F2N7O2/c1-3-6-21(36)33-11-5-9-19(10-12-33)35-25(29)22(26(30)37)23(32-35)20-15-34(31-16(20)2)14-17-7-4-8-18(13-17)24(27)28/h4,7-8,13,15,19,24H,5,9-12,14,29H2,1-2H3,(H2,30,37)/t19-/m0/s1. The fourth-order valence-electron chi connectivity index (χ4n) is 4.72. The maximum atomic E-state index is 13.1. The average molecular weight is 510 g/mol. The van der Waals surface area contributed by atoms with E-state index in [4.69, 9.17) is 16.6 Å². The lowest BCUT2D eigenvalue weighted by Gasteiger charge is -2.18. The number of hydrogen-bond donors (Lipinski definition) is 2. The van der Waals surface area contributed by atoms with E-state index in [1.807, 2.05) is 0 Å². The van der Waals surface area contributed by atoms with Gasteiger partial charge in [-0.1, -0.05) is 24.1 Å². The molecule has 0 spiro atoms. The first kappa shape index (κ1) is 25.9. The van der Waals surface area contributed by atoms with Crippen molar-refractivity contribution in [2.45, 2.75) is 52.1 Å². The molecule has 0 bridgehead atoms. The molecule has 0 radical (unpaired) electrons. The van der Waals surface area contributed by atoms with Crippen LogP contribution in [0.15, 0.2) is 30.5 Å². The van der Waals surface area contributed by atoms with Crippen molar-refractivity contribution < 1.29 is 18.4 Å². The number of hydrogen-bond acceptors (Lipinski definition) is 5. The Balaban J connectivity index is 1.64. The molecule has 1 saturated heterocycles. The molecule has 3 heterocycles. The second kappa shape index (κ2) is 10.8. The summed E-state index contributed by atoms with van der Waals surface area (Å²) in [5.74, 6) is 4.46. The predicted octanol–water partition coefficient (Wildman–Crippen LogP) is 3.30. The lowest BCUT2D eigenvalue weighted by atomic mass is 10.1. The van der Waals surface area contributed by atoms with Crippen LogP contribution in [0, 0.1) is 18.8 Å². The van der Waals surface area contributed by atoms with E-state index in [0.717, 1.165) is 6.42 Å². The number of rotatable bonds is 6. The minimum Gasteiger partial charge on any atom is -0.383 e. The zero-order chi connectivity index (χ0) is 26.7. The molecule has 1 aromatic carbocycles. The number of aromatic nitrogens is 4. The average Bonchev–Trinajstić information content (AvgIpc) is 3.27. The summed E-state index contributed by atoms with van der Waals surface area (Å²) in [4.78, 5) is 26.4. The van der Waals surface area contributed by atoms with E-state index in [-0.39, 0.29) is 35.4 Å². The van der Waals surface area contributed by atoms with Gasteiger partial charge in [-0.05, 0) is 50.7 Å². The van der Waals surface area contributed by atoms with Crippen LogP contribution in [0.2, 0.25) is 0 Å². The highest BCUT2D eigenvalue weighted by molar-refractivity contribution is 6.03. The van der Waals surface area contributed by atoms with E-state index in [1.54, 1.807) is 46.4 Å². The number of carbonyl (C=O) groups excluding carboxylic acids is 2. The molecule has 2 amide bonds. The smallest absolute Gasteiger partial charge is 0.298 e. The molecular formula is C26H29F2N7O2. The van der Waals surface area contributed by atoms with Gasteiger partial charge in [0.15, 0.2) is 0 Å².